The zero-order valence-electron chi connectivity index (χ0n) is 23.0. The average Bonchev–Trinajstić information content (AvgIpc) is 3.05. The molecule has 2 fully saturated rings. The molecule has 0 bridgehead atoms. The van der Waals surface area contributed by atoms with Gasteiger partial charge in [-0.2, -0.15) is 0 Å². The number of alkyl halides is 1. The summed E-state index contributed by atoms with van der Waals surface area (Å²) >= 11 is 0. The lowest BCUT2D eigenvalue weighted by Crippen LogP contribution is -2.46. The van der Waals surface area contributed by atoms with Crippen molar-refractivity contribution in [2.75, 3.05) is 13.2 Å². The van der Waals surface area contributed by atoms with Crippen LogP contribution in [0.25, 0.3) is 32.7 Å². The molecule has 0 amide bonds. The highest BCUT2D eigenvalue weighted by Gasteiger charge is 2.45. The van der Waals surface area contributed by atoms with E-state index in [2.05, 4.69) is 67.6 Å². The summed E-state index contributed by atoms with van der Waals surface area (Å²) in [7, 11) is 0. The highest BCUT2D eigenvalue weighted by molar-refractivity contribution is 6.09. The highest BCUT2D eigenvalue weighted by Crippen LogP contribution is 2.49. The van der Waals surface area contributed by atoms with Gasteiger partial charge in [0.2, 0.25) is 0 Å². The van der Waals surface area contributed by atoms with E-state index in [1.54, 1.807) is 0 Å². The topological polar surface area (TPSA) is 18.5 Å². The van der Waals surface area contributed by atoms with Gasteiger partial charge in [0.05, 0.1) is 0 Å². The molecule has 0 N–H and O–H groups in total. The quantitative estimate of drug-likeness (QED) is 0.261. The first kappa shape index (κ1) is 24.9. The van der Waals surface area contributed by atoms with Crippen LogP contribution in [-0.2, 0) is 0 Å². The van der Waals surface area contributed by atoms with Gasteiger partial charge in [-0.3, -0.25) is 0 Å². The molecule has 3 aliphatic rings. The van der Waals surface area contributed by atoms with E-state index in [0.717, 1.165) is 87.6 Å². The number of hydrogen-bond acceptors (Lipinski definition) is 2. The number of fused-ring (bicyclic) bond motifs is 7. The maximum atomic E-state index is 17.1. The molecule has 7 rings (SSSR count). The Morgan fingerprint density at radius 3 is 1.56 bits per heavy atom. The molecule has 2 nitrogen and oxygen atoms in total. The zero-order valence-corrected chi connectivity index (χ0v) is 23.0. The SMILES string of the molecule is CC1CCC(C2CCC(C3(F)COc4ccc5ccccc5c4-c4c(ccc5ccccc45)OC3)CC2)CC1. The van der Waals surface area contributed by atoms with Crippen molar-refractivity contribution in [3.8, 4) is 22.6 Å². The Kier molecular flexibility index (Phi) is 6.49. The van der Waals surface area contributed by atoms with E-state index in [1.807, 2.05) is 12.1 Å². The van der Waals surface area contributed by atoms with Crippen LogP contribution >= 0.6 is 0 Å². The van der Waals surface area contributed by atoms with Gasteiger partial charge in [-0.25, -0.2) is 4.39 Å². The van der Waals surface area contributed by atoms with Crippen LogP contribution in [0.2, 0.25) is 0 Å². The van der Waals surface area contributed by atoms with Crippen LogP contribution in [0, 0.1) is 23.7 Å². The van der Waals surface area contributed by atoms with Crippen molar-refractivity contribution in [1.29, 1.82) is 0 Å². The van der Waals surface area contributed by atoms with E-state index in [-0.39, 0.29) is 19.1 Å². The fourth-order valence-corrected chi connectivity index (χ4v) is 7.80. The van der Waals surface area contributed by atoms with Crippen LogP contribution in [0.1, 0.15) is 58.3 Å². The van der Waals surface area contributed by atoms with Gasteiger partial charge in [-0.1, -0.05) is 80.4 Å². The van der Waals surface area contributed by atoms with Crippen molar-refractivity contribution in [3.05, 3.63) is 72.8 Å². The first-order chi connectivity index (χ1) is 19.1. The summed E-state index contributed by atoms with van der Waals surface area (Å²) in [6.45, 7) is 2.44. The Morgan fingerprint density at radius 2 is 1.05 bits per heavy atom. The summed E-state index contributed by atoms with van der Waals surface area (Å²) in [6, 6.07) is 25.0. The van der Waals surface area contributed by atoms with Crippen LogP contribution in [0.15, 0.2) is 72.8 Å². The number of halogens is 1. The molecule has 0 unspecified atom stereocenters. The predicted octanol–water partition coefficient (Wildman–Crippen LogP) is 9.77. The fraction of sp³-hybridized carbons (Fsp3) is 0.444. The highest BCUT2D eigenvalue weighted by atomic mass is 19.1. The molecule has 0 spiro atoms. The van der Waals surface area contributed by atoms with Crippen LogP contribution < -0.4 is 9.47 Å². The molecule has 0 aromatic heterocycles. The lowest BCUT2D eigenvalue weighted by atomic mass is 9.67. The van der Waals surface area contributed by atoms with Crippen molar-refractivity contribution in [2.45, 2.75) is 64.0 Å². The van der Waals surface area contributed by atoms with Crippen molar-refractivity contribution in [3.63, 3.8) is 0 Å². The van der Waals surface area contributed by atoms with E-state index in [9.17, 15) is 0 Å². The van der Waals surface area contributed by atoms with Gasteiger partial charge in [-0.05, 0) is 95.9 Å². The molecule has 1 aliphatic heterocycles. The summed E-state index contributed by atoms with van der Waals surface area (Å²) in [6.07, 6.45) is 9.57. The van der Waals surface area contributed by atoms with Crippen LogP contribution in [0.5, 0.6) is 11.5 Å². The van der Waals surface area contributed by atoms with E-state index >= 15 is 4.39 Å². The van der Waals surface area contributed by atoms with Gasteiger partial charge in [0.1, 0.15) is 24.7 Å². The van der Waals surface area contributed by atoms with Gasteiger partial charge in [-0.15, -0.1) is 0 Å². The molecular weight excluding hydrogens is 483 g/mol. The molecular formula is C36H39FO2. The molecule has 3 heteroatoms. The number of rotatable bonds is 2. The standard InChI is InChI=1S/C36H39FO2/c1-24-10-12-25(13-11-24)26-14-18-29(19-15-26)36(37)22-38-32-20-16-27-6-2-4-8-30(27)34(32)35-31-9-5-3-7-28(31)17-21-33(35)39-23-36/h2-9,16-17,20-21,24-26,29H,10-15,18-19,22-23H2,1H3. The summed E-state index contributed by atoms with van der Waals surface area (Å²) in [5.41, 5.74) is 0.473. The second-order valence-corrected chi connectivity index (χ2v) is 12.6. The monoisotopic (exact) mass is 522 g/mol. The third kappa shape index (κ3) is 4.58. The maximum absolute atomic E-state index is 17.1. The van der Waals surface area contributed by atoms with Gasteiger partial charge in [0, 0.05) is 11.1 Å². The molecule has 0 radical (unpaired) electrons. The van der Waals surface area contributed by atoms with Crippen LogP contribution in [-0.4, -0.2) is 18.9 Å². The molecule has 2 aliphatic carbocycles. The molecule has 1 heterocycles. The molecule has 202 valence electrons. The summed E-state index contributed by atoms with van der Waals surface area (Å²) < 4.78 is 30.0. The largest absolute Gasteiger partial charge is 0.489 e. The lowest BCUT2D eigenvalue weighted by Gasteiger charge is -2.41. The normalized spacial score (nSPS) is 26.8. The third-order valence-electron chi connectivity index (χ3n) is 10.2. The maximum Gasteiger partial charge on any atom is 0.181 e. The minimum atomic E-state index is -1.53. The molecule has 0 atom stereocenters. The van der Waals surface area contributed by atoms with Crippen molar-refractivity contribution in [2.24, 2.45) is 23.7 Å². The molecule has 4 aromatic carbocycles. The van der Waals surface area contributed by atoms with Crippen LogP contribution in [0.3, 0.4) is 0 Å². The van der Waals surface area contributed by atoms with Gasteiger partial charge >= 0.3 is 0 Å². The Balaban J connectivity index is 1.24. The predicted molar refractivity (Wildman–Crippen MR) is 158 cm³/mol. The Hall–Kier alpha value is -3.07. The van der Waals surface area contributed by atoms with E-state index in [4.69, 9.17) is 9.47 Å². The third-order valence-corrected chi connectivity index (χ3v) is 10.2. The molecule has 39 heavy (non-hydrogen) atoms. The first-order valence-electron chi connectivity index (χ1n) is 15.1. The second kappa shape index (κ2) is 10.2. The van der Waals surface area contributed by atoms with E-state index in [1.165, 1.54) is 25.7 Å². The minimum Gasteiger partial charge on any atom is -0.489 e. The minimum absolute atomic E-state index is 0.0283. The summed E-state index contributed by atoms with van der Waals surface area (Å²) in [5, 5.41) is 4.48. The van der Waals surface area contributed by atoms with Crippen molar-refractivity contribution >= 4 is 21.5 Å². The number of benzene rings is 4. The second-order valence-electron chi connectivity index (χ2n) is 12.6. The summed E-state index contributed by atoms with van der Waals surface area (Å²) in [4.78, 5) is 0. The number of ether oxygens (including phenoxy) is 2. The van der Waals surface area contributed by atoms with E-state index in [0.29, 0.717) is 0 Å². The lowest BCUT2D eigenvalue weighted by molar-refractivity contribution is -0.0342. The van der Waals surface area contributed by atoms with Gasteiger partial charge in [0.25, 0.3) is 0 Å². The molecule has 4 aromatic rings. The Bertz CT molecular complexity index is 1390. The van der Waals surface area contributed by atoms with Crippen LogP contribution in [0.4, 0.5) is 4.39 Å². The Labute approximate surface area is 231 Å². The van der Waals surface area contributed by atoms with Gasteiger partial charge < -0.3 is 9.47 Å². The average molecular weight is 523 g/mol. The smallest absolute Gasteiger partial charge is 0.181 e. The summed E-state index contributed by atoms with van der Waals surface area (Å²) in [5.74, 6) is 3.91. The van der Waals surface area contributed by atoms with E-state index < -0.39 is 5.67 Å². The molecule has 2 saturated carbocycles. The van der Waals surface area contributed by atoms with Crippen molar-refractivity contribution < 1.29 is 13.9 Å². The van der Waals surface area contributed by atoms with Crippen molar-refractivity contribution in [1.82, 2.24) is 0 Å². The fourth-order valence-electron chi connectivity index (χ4n) is 7.80. The number of hydrogen-bond donors (Lipinski definition) is 0. The first-order valence-corrected chi connectivity index (χ1v) is 15.1. The van der Waals surface area contributed by atoms with Gasteiger partial charge in [0.15, 0.2) is 5.67 Å². The molecule has 0 saturated heterocycles. The zero-order chi connectivity index (χ0) is 26.4. The Morgan fingerprint density at radius 1 is 0.590 bits per heavy atom.